The number of hydrogen-bond donors (Lipinski definition) is 0. The molecular formula is C60H118O7. The second-order valence-corrected chi connectivity index (χ2v) is 19.6. The van der Waals surface area contributed by atoms with Crippen LogP contribution >= 0.6 is 0 Å². The summed E-state index contributed by atoms with van der Waals surface area (Å²) in [4.78, 5) is 0. The van der Waals surface area contributed by atoms with Gasteiger partial charge in [-0.15, -0.1) is 0 Å². The van der Waals surface area contributed by atoms with E-state index in [-0.39, 0.29) is 25.2 Å². The van der Waals surface area contributed by atoms with E-state index in [1.165, 1.54) is 193 Å². The molecule has 0 aromatic carbocycles. The highest BCUT2D eigenvalue weighted by molar-refractivity contribution is 4.90. The summed E-state index contributed by atoms with van der Waals surface area (Å²) in [6, 6.07) is 0. The minimum atomic E-state index is -0.384. The Labute approximate surface area is 419 Å². The van der Waals surface area contributed by atoms with Gasteiger partial charge in [0, 0.05) is 26.4 Å². The van der Waals surface area contributed by atoms with Crippen LogP contribution in [0.2, 0.25) is 0 Å². The molecular weight excluding hydrogens is 833 g/mol. The standard InChI is InChI=1S/C60H118O7/c1-7-13-19-21-33-39-45-55-65-59(49-43-37-31-27-23-25-29-35-41-47-57(61-51-15-9-3)62-52-16-10-4)67-60(66-56-46-40-34-22-20-14-8-2)50-44-38-32-28-24-26-30-36-42-48-58(63-53-17-11-5)64-54-18-12-6/h43-44,49-50,57-60H,7-42,45-48,51-56H2,1-6H3. The van der Waals surface area contributed by atoms with Gasteiger partial charge in [0.25, 0.3) is 0 Å². The van der Waals surface area contributed by atoms with Crippen LogP contribution in [0.5, 0.6) is 0 Å². The maximum Gasteiger partial charge on any atom is 0.180 e. The lowest BCUT2D eigenvalue weighted by molar-refractivity contribution is -0.208. The highest BCUT2D eigenvalue weighted by atomic mass is 16.8. The molecule has 0 aliphatic rings. The van der Waals surface area contributed by atoms with Crippen LogP contribution in [-0.4, -0.2) is 64.8 Å². The molecule has 400 valence electrons. The smallest absolute Gasteiger partial charge is 0.180 e. The number of hydrogen-bond acceptors (Lipinski definition) is 7. The second-order valence-electron chi connectivity index (χ2n) is 19.6. The first-order chi connectivity index (χ1) is 33.1. The molecule has 0 aliphatic carbocycles. The van der Waals surface area contributed by atoms with Crippen LogP contribution < -0.4 is 0 Å². The predicted molar refractivity (Wildman–Crippen MR) is 289 cm³/mol. The maximum atomic E-state index is 6.62. The second kappa shape index (κ2) is 57.8. The van der Waals surface area contributed by atoms with Crippen molar-refractivity contribution in [1.82, 2.24) is 0 Å². The summed E-state index contributed by atoms with van der Waals surface area (Å²) in [7, 11) is 0. The average Bonchev–Trinajstić information content (AvgIpc) is 3.33. The van der Waals surface area contributed by atoms with Crippen LogP contribution in [0.3, 0.4) is 0 Å². The Morgan fingerprint density at radius 3 is 0.821 bits per heavy atom. The van der Waals surface area contributed by atoms with E-state index in [1.54, 1.807) is 0 Å². The normalized spacial score (nSPS) is 13.1. The van der Waals surface area contributed by atoms with Crippen LogP contribution in [0.4, 0.5) is 0 Å². The molecule has 2 atom stereocenters. The van der Waals surface area contributed by atoms with Crippen molar-refractivity contribution in [2.75, 3.05) is 39.6 Å². The first kappa shape index (κ1) is 66.2. The van der Waals surface area contributed by atoms with Crippen LogP contribution in [0.1, 0.15) is 298 Å². The minimum absolute atomic E-state index is 0.0164. The minimum Gasteiger partial charge on any atom is -0.353 e. The first-order valence-electron chi connectivity index (χ1n) is 29.8. The summed E-state index contributed by atoms with van der Waals surface area (Å²) < 4.78 is 43.7. The van der Waals surface area contributed by atoms with E-state index in [2.05, 4.69) is 65.8 Å². The fourth-order valence-corrected chi connectivity index (χ4v) is 8.12. The van der Waals surface area contributed by atoms with Gasteiger partial charge in [-0.05, 0) is 102 Å². The van der Waals surface area contributed by atoms with E-state index in [1.807, 2.05) is 0 Å². The fraction of sp³-hybridized carbons (Fsp3) is 0.933. The monoisotopic (exact) mass is 951 g/mol. The van der Waals surface area contributed by atoms with Crippen molar-refractivity contribution in [3.63, 3.8) is 0 Å². The van der Waals surface area contributed by atoms with Gasteiger partial charge >= 0.3 is 0 Å². The highest BCUT2D eigenvalue weighted by Crippen LogP contribution is 2.18. The zero-order valence-corrected chi connectivity index (χ0v) is 46.0. The Morgan fingerprint density at radius 1 is 0.254 bits per heavy atom. The number of unbranched alkanes of at least 4 members (excludes halogenated alkanes) is 30. The molecule has 0 heterocycles. The Morgan fingerprint density at radius 2 is 0.507 bits per heavy atom. The van der Waals surface area contributed by atoms with Gasteiger partial charge in [-0.1, -0.05) is 221 Å². The average molecular weight is 952 g/mol. The Bertz CT molecular complexity index is 865. The van der Waals surface area contributed by atoms with Gasteiger partial charge in [0.05, 0.1) is 13.2 Å². The topological polar surface area (TPSA) is 64.6 Å². The lowest BCUT2D eigenvalue weighted by Gasteiger charge is -2.22. The van der Waals surface area contributed by atoms with Gasteiger partial charge < -0.3 is 33.2 Å². The van der Waals surface area contributed by atoms with Crippen molar-refractivity contribution in [1.29, 1.82) is 0 Å². The van der Waals surface area contributed by atoms with Crippen molar-refractivity contribution in [2.45, 2.75) is 324 Å². The third-order valence-corrected chi connectivity index (χ3v) is 12.7. The predicted octanol–water partition coefficient (Wildman–Crippen LogP) is 19.2. The molecule has 0 saturated carbocycles. The molecule has 0 aliphatic heterocycles. The quantitative estimate of drug-likeness (QED) is 0.0342. The molecule has 0 aromatic rings. The van der Waals surface area contributed by atoms with Crippen LogP contribution in [0.15, 0.2) is 24.3 Å². The molecule has 7 nitrogen and oxygen atoms in total. The zero-order valence-electron chi connectivity index (χ0n) is 46.0. The Kier molecular flexibility index (Phi) is 57.1. The van der Waals surface area contributed by atoms with Gasteiger partial charge in [-0.3, -0.25) is 0 Å². The molecule has 0 N–H and O–H groups in total. The van der Waals surface area contributed by atoms with Crippen LogP contribution in [0, 0.1) is 0 Å². The SMILES string of the molecule is CCCCCCCCCOC(C=CCCCCCCCCCC(OCCCC)OCCCC)OC(C=CCCCCCCCCCC(OCCCC)OCCCC)OCCCCCCCCC. The van der Waals surface area contributed by atoms with Gasteiger partial charge in [0.2, 0.25) is 0 Å². The third-order valence-electron chi connectivity index (χ3n) is 12.7. The summed E-state index contributed by atoms with van der Waals surface area (Å²) in [5, 5.41) is 0. The van der Waals surface area contributed by atoms with E-state index in [0.29, 0.717) is 0 Å². The molecule has 2 unspecified atom stereocenters. The van der Waals surface area contributed by atoms with Crippen molar-refractivity contribution in [3.8, 4) is 0 Å². The molecule has 7 heteroatoms. The van der Waals surface area contributed by atoms with E-state index in [4.69, 9.17) is 33.2 Å². The number of rotatable bonds is 58. The lowest BCUT2D eigenvalue weighted by atomic mass is 10.1. The van der Waals surface area contributed by atoms with E-state index in [9.17, 15) is 0 Å². The molecule has 0 amide bonds. The van der Waals surface area contributed by atoms with Crippen molar-refractivity contribution in [2.24, 2.45) is 0 Å². The van der Waals surface area contributed by atoms with Gasteiger partial charge in [-0.2, -0.15) is 0 Å². The van der Waals surface area contributed by atoms with Crippen molar-refractivity contribution < 1.29 is 33.2 Å². The zero-order chi connectivity index (χ0) is 48.6. The van der Waals surface area contributed by atoms with Crippen LogP contribution in [-0.2, 0) is 33.2 Å². The summed E-state index contributed by atoms with van der Waals surface area (Å²) in [6.07, 6.45) is 57.0. The molecule has 0 radical (unpaired) electrons. The summed E-state index contributed by atoms with van der Waals surface area (Å²) in [6.45, 7) is 18.2. The fourth-order valence-electron chi connectivity index (χ4n) is 8.12. The van der Waals surface area contributed by atoms with Crippen molar-refractivity contribution in [3.05, 3.63) is 24.3 Å². The highest BCUT2D eigenvalue weighted by Gasteiger charge is 2.14. The Balaban J connectivity index is 5.00. The Hall–Kier alpha value is -0.800. The first-order valence-corrected chi connectivity index (χ1v) is 29.8. The molecule has 0 fully saturated rings. The maximum absolute atomic E-state index is 6.62. The summed E-state index contributed by atoms with van der Waals surface area (Å²) in [5.74, 6) is 0. The van der Waals surface area contributed by atoms with Gasteiger partial charge in [0.1, 0.15) is 0 Å². The van der Waals surface area contributed by atoms with Gasteiger partial charge in [-0.25, -0.2) is 0 Å². The van der Waals surface area contributed by atoms with E-state index in [0.717, 1.165) is 104 Å². The lowest BCUT2D eigenvalue weighted by Crippen LogP contribution is -2.25. The molecule has 0 aromatic heterocycles. The summed E-state index contributed by atoms with van der Waals surface area (Å²) in [5.41, 5.74) is 0. The summed E-state index contributed by atoms with van der Waals surface area (Å²) >= 11 is 0. The molecule has 0 bridgehead atoms. The molecule has 0 saturated heterocycles. The number of allylic oxidation sites excluding steroid dienone is 2. The largest absolute Gasteiger partial charge is 0.353 e. The number of ether oxygens (including phenoxy) is 7. The molecule has 67 heavy (non-hydrogen) atoms. The van der Waals surface area contributed by atoms with Gasteiger partial charge in [0.15, 0.2) is 25.2 Å². The molecule has 0 spiro atoms. The van der Waals surface area contributed by atoms with Crippen molar-refractivity contribution >= 4 is 0 Å². The molecule has 0 rings (SSSR count). The third kappa shape index (κ3) is 51.4. The van der Waals surface area contributed by atoms with E-state index < -0.39 is 0 Å². The van der Waals surface area contributed by atoms with E-state index >= 15 is 0 Å². The van der Waals surface area contributed by atoms with Crippen LogP contribution in [0.25, 0.3) is 0 Å².